The Labute approximate surface area is 247 Å². The number of carbonyl (C=O) groups is 1. The maximum atomic E-state index is 15.2. The average Bonchev–Trinajstić information content (AvgIpc) is 3.01. The Morgan fingerprint density at radius 1 is 0.628 bits per heavy atom. The Kier molecular flexibility index (Phi) is 11.0. The minimum absolute atomic E-state index is 0.0558. The van der Waals surface area contributed by atoms with Gasteiger partial charge in [-0.1, -0.05) is 38.8 Å². The van der Waals surface area contributed by atoms with Gasteiger partial charge in [0.25, 0.3) is 0 Å². The van der Waals surface area contributed by atoms with E-state index in [1.54, 1.807) is 0 Å². The van der Waals surface area contributed by atoms with Crippen LogP contribution in [0, 0.1) is 40.8 Å². The zero-order chi connectivity index (χ0) is 31.1. The fourth-order valence-electron chi connectivity index (χ4n) is 5.13. The van der Waals surface area contributed by atoms with Gasteiger partial charge < -0.3 is 14.2 Å². The largest absolute Gasteiger partial charge is 0.490 e. The number of rotatable bonds is 12. The monoisotopic (exact) mass is 608 g/mol. The number of carbonyl (C=O) groups excluding carboxylic acids is 1. The summed E-state index contributed by atoms with van der Waals surface area (Å²) in [5, 5.41) is 0. The maximum Gasteiger partial charge on any atom is 0.314 e. The van der Waals surface area contributed by atoms with E-state index in [2.05, 4.69) is 0 Å². The van der Waals surface area contributed by atoms with Gasteiger partial charge in [0.15, 0.2) is 34.7 Å². The second kappa shape index (κ2) is 14.7. The van der Waals surface area contributed by atoms with Crippen LogP contribution in [0.25, 0.3) is 11.1 Å². The first-order valence-corrected chi connectivity index (χ1v) is 14.6. The number of hydrogen-bond acceptors (Lipinski definition) is 4. The zero-order valence-corrected chi connectivity index (χ0v) is 24.1. The van der Waals surface area contributed by atoms with Gasteiger partial charge in [-0.05, 0) is 74.3 Å². The van der Waals surface area contributed by atoms with Crippen LogP contribution in [0.5, 0.6) is 17.2 Å². The molecular weight excluding hydrogens is 574 g/mol. The van der Waals surface area contributed by atoms with Crippen LogP contribution in [-0.2, 0) is 4.79 Å². The molecule has 4 nitrogen and oxygen atoms in total. The van der Waals surface area contributed by atoms with Gasteiger partial charge in [-0.3, -0.25) is 4.79 Å². The van der Waals surface area contributed by atoms with E-state index in [0.29, 0.717) is 25.7 Å². The molecule has 4 rings (SSSR count). The molecule has 0 N–H and O–H groups in total. The summed E-state index contributed by atoms with van der Waals surface area (Å²) in [7, 11) is 0. The molecule has 0 aromatic heterocycles. The van der Waals surface area contributed by atoms with E-state index in [4.69, 9.17) is 14.2 Å². The van der Waals surface area contributed by atoms with Crippen molar-refractivity contribution in [2.75, 3.05) is 13.2 Å². The van der Waals surface area contributed by atoms with Crippen LogP contribution in [0.4, 0.5) is 26.3 Å². The summed E-state index contributed by atoms with van der Waals surface area (Å²) in [6, 6.07) is 7.20. The van der Waals surface area contributed by atoms with Crippen molar-refractivity contribution < 1.29 is 45.3 Å². The summed E-state index contributed by atoms with van der Waals surface area (Å²) in [5.74, 6) is -10.7. The molecule has 1 saturated carbocycles. The first kappa shape index (κ1) is 32.2. The fraction of sp³-hybridized carbons (Fsp3) is 0.424. The summed E-state index contributed by atoms with van der Waals surface area (Å²) in [4.78, 5) is 12.7. The van der Waals surface area contributed by atoms with Crippen LogP contribution in [0.1, 0.15) is 76.7 Å². The van der Waals surface area contributed by atoms with E-state index in [1.165, 1.54) is 24.3 Å². The predicted molar refractivity (Wildman–Crippen MR) is 149 cm³/mol. The number of benzene rings is 3. The molecule has 43 heavy (non-hydrogen) atoms. The highest BCUT2D eigenvalue weighted by Crippen LogP contribution is 2.40. The number of ether oxygens (including phenoxy) is 3. The molecule has 1 aliphatic rings. The van der Waals surface area contributed by atoms with Crippen LogP contribution in [0.2, 0.25) is 0 Å². The van der Waals surface area contributed by atoms with E-state index in [0.717, 1.165) is 25.0 Å². The quantitative estimate of drug-likeness (QED) is 0.0890. The normalized spacial score (nSPS) is 16.7. The summed E-state index contributed by atoms with van der Waals surface area (Å²) in [6.45, 7) is 4.26. The van der Waals surface area contributed by atoms with Crippen molar-refractivity contribution in [1.82, 2.24) is 0 Å². The number of hydrogen-bond donors (Lipinski definition) is 0. The number of esters is 1. The van der Waals surface area contributed by atoms with E-state index < -0.39 is 69.6 Å². The van der Waals surface area contributed by atoms with Crippen molar-refractivity contribution in [2.24, 2.45) is 5.92 Å². The zero-order valence-electron chi connectivity index (χ0n) is 24.1. The second-order valence-electron chi connectivity index (χ2n) is 10.6. The lowest BCUT2D eigenvalue weighted by Crippen LogP contribution is -2.26. The number of halogens is 6. The minimum atomic E-state index is -1.34. The van der Waals surface area contributed by atoms with Crippen LogP contribution in [-0.4, -0.2) is 19.2 Å². The van der Waals surface area contributed by atoms with Crippen molar-refractivity contribution in [3.8, 4) is 28.4 Å². The van der Waals surface area contributed by atoms with E-state index in [1.807, 2.05) is 13.8 Å². The third-order valence-corrected chi connectivity index (χ3v) is 7.68. The third kappa shape index (κ3) is 7.28. The molecule has 0 radical (unpaired) electrons. The van der Waals surface area contributed by atoms with Gasteiger partial charge in [0.05, 0.1) is 19.1 Å². The van der Waals surface area contributed by atoms with Crippen molar-refractivity contribution in [3.63, 3.8) is 0 Å². The van der Waals surface area contributed by atoms with Crippen LogP contribution in [0.15, 0.2) is 36.4 Å². The van der Waals surface area contributed by atoms with Crippen LogP contribution >= 0.6 is 0 Å². The molecule has 0 heterocycles. The standard InChI is InChI=1S/C33H34F6O4/c1-3-5-17-41-24-14-13-23(29(36)30(24)37)22-12-11-21(27(34)28(22)35)19-7-9-20(10-8-19)33(40)43-26-16-15-25(31(38)32(26)39)42-18-6-4-2/h11-16,19-20H,3-10,17-18H2,1-2H3. The molecule has 3 aromatic carbocycles. The summed E-state index contributed by atoms with van der Waals surface area (Å²) in [5.41, 5.74) is -0.801. The minimum Gasteiger partial charge on any atom is -0.490 e. The third-order valence-electron chi connectivity index (χ3n) is 7.68. The lowest BCUT2D eigenvalue weighted by Gasteiger charge is -2.28. The van der Waals surface area contributed by atoms with E-state index in [9.17, 15) is 22.4 Å². The highest BCUT2D eigenvalue weighted by atomic mass is 19.2. The lowest BCUT2D eigenvalue weighted by atomic mass is 9.78. The van der Waals surface area contributed by atoms with Gasteiger partial charge in [0.2, 0.25) is 17.5 Å². The van der Waals surface area contributed by atoms with Crippen molar-refractivity contribution >= 4 is 5.97 Å². The van der Waals surface area contributed by atoms with E-state index >= 15 is 8.78 Å². The van der Waals surface area contributed by atoms with Gasteiger partial charge in [-0.15, -0.1) is 0 Å². The van der Waals surface area contributed by atoms with Gasteiger partial charge in [0, 0.05) is 11.1 Å². The molecule has 0 amide bonds. The van der Waals surface area contributed by atoms with E-state index in [-0.39, 0.29) is 43.1 Å². The fourth-order valence-corrected chi connectivity index (χ4v) is 5.13. The molecule has 0 unspecified atom stereocenters. The average molecular weight is 609 g/mol. The summed E-state index contributed by atoms with van der Waals surface area (Å²) >= 11 is 0. The van der Waals surface area contributed by atoms with Gasteiger partial charge in [-0.25, -0.2) is 13.2 Å². The maximum absolute atomic E-state index is 15.2. The Morgan fingerprint density at radius 2 is 1.09 bits per heavy atom. The molecule has 0 aliphatic heterocycles. The van der Waals surface area contributed by atoms with Crippen molar-refractivity contribution in [3.05, 3.63) is 76.9 Å². The predicted octanol–water partition coefficient (Wildman–Crippen LogP) is 9.43. The highest BCUT2D eigenvalue weighted by molar-refractivity contribution is 5.75. The highest BCUT2D eigenvalue weighted by Gasteiger charge is 2.32. The Balaban J connectivity index is 1.40. The Hall–Kier alpha value is -3.69. The van der Waals surface area contributed by atoms with Gasteiger partial charge >= 0.3 is 5.97 Å². The SMILES string of the molecule is CCCCOc1ccc(OC(=O)C2CCC(c3ccc(-c4ccc(OCCCC)c(F)c4F)c(F)c3F)CC2)c(F)c1F. The molecule has 0 spiro atoms. The summed E-state index contributed by atoms with van der Waals surface area (Å²) < 4.78 is 104. The first-order chi connectivity index (χ1) is 20.7. The Bertz CT molecular complexity index is 1440. The van der Waals surface area contributed by atoms with Crippen LogP contribution < -0.4 is 14.2 Å². The molecule has 0 atom stereocenters. The molecule has 0 bridgehead atoms. The molecule has 10 heteroatoms. The molecular formula is C33H34F6O4. The van der Waals surface area contributed by atoms with Crippen molar-refractivity contribution in [1.29, 1.82) is 0 Å². The smallest absolute Gasteiger partial charge is 0.314 e. The van der Waals surface area contributed by atoms with Gasteiger partial charge in [-0.2, -0.15) is 13.2 Å². The number of unbranched alkanes of at least 4 members (excludes halogenated alkanes) is 2. The molecule has 1 fully saturated rings. The van der Waals surface area contributed by atoms with Crippen molar-refractivity contribution in [2.45, 2.75) is 71.1 Å². The first-order valence-electron chi connectivity index (χ1n) is 14.6. The second-order valence-corrected chi connectivity index (χ2v) is 10.6. The molecule has 3 aromatic rings. The topological polar surface area (TPSA) is 44.8 Å². The molecule has 0 saturated heterocycles. The van der Waals surface area contributed by atoms with Crippen LogP contribution in [0.3, 0.4) is 0 Å². The Morgan fingerprint density at radius 3 is 1.67 bits per heavy atom. The lowest BCUT2D eigenvalue weighted by molar-refractivity contribution is -0.140. The molecule has 232 valence electrons. The molecule has 1 aliphatic carbocycles. The summed E-state index contributed by atoms with van der Waals surface area (Å²) in [6.07, 6.45) is 4.02. The van der Waals surface area contributed by atoms with Gasteiger partial charge in [0.1, 0.15) is 0 Å².